The molecular formula is C14H15BrN2O. The van der Waals surface area contributed by atoms with Crippen molar-refractivity contribution >= 4 is 27.4 Å². The van der Waals surface area contributed by atoms with E-state index in [2.05, 4.69) is 26.2 Å². The Bertz CT molecular complexity index is 511. The van der Waals surface area contributed by atoms with Crippen LogP contribution < -0.4 is 10.1 Å². The van der Waals surface area contributed by atoms with Crippen LogP contribution in [0.5, 0.6) is 5.75 Å². The first-order valence-corrected chi connectivity index (χ1v) is 6.59. The summed E-state index contributed by atoms with van der Waals surface area (Å²) in [5.74, 6) is 1.67. The van der Waals surface area contributed by atoms with Gasteiger partial charge in [0.15, 0.2) is 0 Å². The number of hydrogen-bond donors (Lipinski definition) is 1. The summed E-state index contributed by atoms with van der Waals surface area (Å²) in [5, 5.41) is 3.24. The molecule has 3 nitrogen and oxygen atoms in total. The highest BCUT2D eigenvalue weighted by molar-refractivity contribution is 9.10. The van der Waals surface area contributed by atoms with Gasteiger partial charge in [0, 0.05) is 11.9 Å². The maximum absolute atomic E-state index is 5.59. The van der Waals surface area contributed by atoms with Gasteiger partial charge in [-0.1, -0.05) is 0 Å². The standard InChI is InChI=1S/C14H15BrN2O/c1-10(2)18-12-7-5-11(6-8-12)17-14-13(15)4-3-9-16-14/h3-10H,1-2H3,(H,16,17). The zero-order valence-corrected chi connectivity index (χ0v) is 11.9. The van der Waals surface area contributed by atoms with Gasteiger partial charge >= 0.3 is 0 Å². The topological polar surface area (TPSA) is 34.1 Å². The summed E-state index contributed by atoms with van der Waals surface area (Å²) < 4.78 is 6.53. The van der Waals surface area contributed by atoms with Gasteiger partial charge in [0.1, 0.15) is 11.6 Å². The van der Waals surface area contributed by atoms with Crippen molar-refractivity contribution in [3.63, 3.8) is 0 Å². The summed E-state index contributed by atoms with van der Waals surface area (Å²) in [4.78, 5) is 4.26. The fourth-order valence-electron chi connectivity index (χ4n) is 1.50. The molecule has 0 atom stereocenters. The molecule has 1 aromatic heterocycles. The fraction of sp³-hybridized carbons (Fsp3) is 0.214. The highest BCUT2D eigenvalue weighted by Crippen LogP contribution is 2.24. The van der Waals surface area contributed by atoms with E-state index in [1.54, 1.807) is 6.20 Å². The molecule has 18 heavy (non-hydrogen) atoms. The molecule has 0 saturated carbocycles. The first-order chi connectivity index (χ1) is 8.65. The predicted molar refractivity (Wildman–Crippen MR) is 77.4 cm³/mol. The van der Waals surface area contributed by atoms with E-state index in [1.807, 2.05) is 50.2 Å². The summed E-state index contributed by atoms with van der Waals surface area (Å²) in [5.41, 5.74) is 0.977. The van der Waals surface area contributed by atoms with E-state index >= 15 is 0 Å². The molecule has 0 aliphatic rings. The lowest BCUT2D eigenvalue weighted by atomic mass is 10.3. The van der Waals surface area contributed by atoms with Gasteiger partial charge in [-0.25, -0.2) is 4.98 Å². The summed E-state index contributed by atoms with van der Waals surface area (Å²) >= 11 is 3.45. The molecule has 0 amide bonds. The normalized spacial score (nSPS) is 10.4. The molecule has 94 valence electrons. The van der Waals surface area contributed by atoms with Crippen molar-refractivity contribution in [2.75, 3.05) is 5.32 Å². The van der Waals surface area contributed by atoms with E-state index in [1.165, 1.54) is 0 Å². The van der Waals surface area contributed by atoms with Gasteiger partial charge in [0.25, 0.3) is 0 Å². The molecule has 2 rings (SSSR count). The SMILES string of the molecule is CC(C)Oc1ccc(Nc2ncccc2Br)cc1. The Morgan fingerprint density at radius 1 is 1.17 bits per heavy atom. The first-order valence-electron chi connectivity index (χ1n) is 5.79. The van der Waals surface area contributed by atoms with Crippen LogP contribution in [0.3, 0.4) is 0 Å². The average molecular weight is 307 g/mol. The predicted octanol–water partition coefficient (Wildman–Crippen LogP) is 4.37. The van der Waals surface area contributed by atoms with E-state index in [9.17, 15) is 0 Å². The zero-order chi connectivity index (χ0) is 13.0. The lowest BCUT2D eigenvalue weighted by molar-refractivity contribution is 0.242. The molecule has 1 aromatic carbocycles. The number of hydrogen-bond acceptors (Lipinski definition) is 3. The number of pyridine rings is 1. The van der Waals surface area contributed by atoms with Crippen LogP contribution in [-0.2, 0) is 0 Å². The molecule has 0 saturated heterocycles. The van der Waals surface area contributed by atoms with Crippen molar-refractivity contribution in [3.8, 4) is 5.75 Å². The third-order valence-electron chi connectivity index (χ3n) is 2.25. The Balaban J connectivity index is 2.09. The number of anilines is 2. The van der Waals surface area contributed by atoms with Crippen molar-refractivity contribution in [1.29, 1.82) is 0 Å². The second-order valence-electron chi connectivity index (χ2n) is 4.15. The number of halogens is 1. The molecule has 0 bridgehead atoms. The molecule has 4 heteroatoms. The third kappa shape index (κ3) is 3.47. The lowest BCUT2D eigenvalue weighted by Gasteiger charge is -2.11. The first kappa shape index (κ1) is 12.9. The van der Waals surface area contributed by atoms with Crippen molar-refractivity contribution in [2.24, 2.45) is 0 Å². The van der Waals surface area contributed by atoms with Gasteiger partial charge in [0.2, 0.25) is 0 Å². The van der Waals surface area contributed by atoms with Crippen molar-refractivity contribution in [1.82, 2.24) is 4.98 Å². The van der Waals surface area contributed by atoms with Crippen LogP contribution in [0.15, 0.2) is 47.1 Å². The van der Waals surface area contributed by atoms with E-state index < -0.39 is 0 Å². The molecule has 0 aliphatic carbocycles. The monoisotopic (exact) mass is 306 g/mol. The van der Waals surface area contributed by atoms with Gasteiger partial charge in [0.05, 0.1) is 10.6 Å². The number of nitrogens with one attached hydrogen (secondary N) is 1. The van der Waals surface area contributed by atoms with Gasteiger partial charge in [-0.3, -0.25) is 0 Å². The Kier molecular flexibility index (Phi) is 4.20. The van der Waals surface area contributed by atoms with Crippen LogP contribution in [0.4, 0.5) is 11.5 Å². The summed E-state index contributed by atoms with van der Waals surface area (Å²) in [6.45, 7) is 4.02. The summed E-state index contributed by atoms with van der Waals surface area (Å²) in [6.07, 6.45) is 1.94. The second-order valence-corrected chi connectivity index (χ2v) is 5.00. The summed E-state index contributed by atoms with van der Waals surface area (Å²) in [7, 11) is 0. The van der Waals surface area contributed by atoms with Crippen molar-refractivity contribution in [2.45, 2.75) is 20.0 Å². The minimum Gasteiger partial charge on any atom is -0.491 e. The van der Waals surface area contributed by atoms with Gasteiger partial charge < -0.3 is 10.1 Å². The minimum atomic E-state index is 0.189. The quantitative estimate of drug-likeness (QED) is 0.910. The third-order valence-corrected chi connectivity index (χ3v) is 2.89. The molecule has 0 fully saturated rings. The van der Waals surface area contributed by atoms with Crippen LogP contribution in [0.25, 0.3) is 0 Å². The maximum atomic E-state index is 5.59. The molecule has 0 aliphatic heterocycles. The fourth-order valence-corrected chi connectivity index (χ4v) is 1.86. The highest BCUT2D eigenvalue weighted by Gasteiger charge is 2.01. The Hall–Kier alpha value is -1.55. The van der Waals surface area contributed by atoms with E-state index in [4.69, 9.17) is 4.74 Å². The Morgan fingerprint density at radius 3 is 2.50 bits per heavy atom. The Morgan fingerprint density at radius 2 is 1.89 bits per heavy atom. The van der Waals surface area contributed by atoms with Crippen molar-refractivity contribution < 1.29 is 4.74 Å². The molecular weight excluding hydrogens is 292 g/mol. The average Bonchev–Trinajstić information content (AvgIpc) is 2.34. The van der Waals surface area contributed by atoms with E-state index in [0.717, 1.165) is 21.7 Å². The number of aromatic nitrogens is 1. The maximum Gasteiger partial charge on any atom is 0.144 e. The molecule has 1 heterocycles. The molecule has 2 aromatic rings. The van der Waals surface area contributed by atoms with Gasteiger partial charge in [-0.05, 0) is 66.2 Å². The highest BCUT2D eigenvalue weighted by atomic mass is 79.9. The largest absolute Gasteiger partial charge is 0.491 e. The smallest absolute Gasteiger partial charge is 0.144 e. The minimum absolute atomic E-state index is 0.189. The van der Waals surface area contributed by atoms with Crippen LogP contribution in [0.1, 0.15) is 13.8 Å². The number of benzene rings is 1. The molecule has 0 radical (unpaired) electrons. The second kappa shape index (κ2) is 5.87. The van der Waals surface area contributed by atoms with Gasteiger partial charge in [-0.2, -0.15) is 0 Å². The van der Waals surface area contributed by atoms with E-state index in [0.29, 0.717) is 0 Å². The lowest BCUT2D eigenvalue weighted by Crippen LogP contribution is -2.05. The molecule has 0 spiro atoms. The van der Waals surface area contributed by atoms with Crippen molar-refractivity contribution in [3.05, 3.63) is 47.1 Å². The summed E-state index contributed by atoms with van der Waals surface area (Å²) in [6, 6.07) is 11.7. The number of ether oxygens (including phenoxy) is 1. The van der Waals surface area contributed by atoms with Crippen LogP contribution in [0.2, 0.25) is 0 Å². The zero-order valence-electron chi connectivity index (χ0n) is 10.4. The van der Waals surface area contributed by atoms with Crippen LogP contribution in [0, 0.1) is 0 Å². The van der Waals surface area contributed by atoms with Crippen LogP contribution in [-0.4, -0.2) is 11.1 Å². The van der Waals surface area contributed by atoms with Crippen LogP contribution >= 0.6 is 15.9 Å². The van der Waals surface area contributed by atoms with Gasteiger partial charge in [-0.15, -0.1) is 0 Å². The molecule has 0 unspecified atom stereocenters. The molecule has 1 N–H and O–H groups in total. The number of rotatable bonds is 4. The van der Waals surface area contributed by atoms with E-state index in [-0.39, 0.29) is 6.10 Å². The number of nitrogens with zero attached hydrogens (tertiary/aromatic N) is 1. The Labute approximate surface area is 115 Å².